The largest absolute Gasteiger partial charge is 0.360 e. The van der Waals surface area contributed by atoms with E-state index < -0.39 is 0 Å². The van der Waals surface area contributed by atoms with Crippen LogP contribution in [0, 0.1) is 23.1 Å². The average molecular weight is 589 g/mol. The van der Waals surface area contributed by atoms with E-state index in [0.717, 1.165) is 36.1 Å². The Morgan fingerprint density at radius 3 is 2.64 bits per heavy atom. The summed E-state index contributed by atoms with van der Waals surface area (Å²) >= 11 is 5.91. The van der Waals surface area contributed by atoms with Gasteiger partial charge in [0.05, 0.1) is 24.4 Å². The van der Waals surface area contributed by atoms with E-state index in [1.165, 1.54) is 25.3 Å². The number of hydrogen-bond donors (Lipinski definition) is 2. The summed E-state index contributed by atoms with van der Waals surface area (Å²) in [7, 11) is 0. The Kier molecular flexibility index (Phi) is 11.5. The summed E-state index contributed by atoms with van der Waals surface area (Å²) < 4.78 is 16.0. The van der Waals surface area contributed by atoms with E-state index in [1.807, 2.05) is 22.8 Å². The highest BCUT2D eigenvalue weighted by molar-refractivity contribution is 7.80. The highest BCUT2D eigenvalue weighted by atomic mass is 32.1. The van der Waals surface area contributed by atoms with Gasteiger partial charge < -0.3 is 20.1 Å². The number of halogens is 1. The number of benzene rings is 2. The summed E-state index contributed by atoms with van der Waals surface area (Å²) in [6, 6.07) is 16.3. The van der Waals surface area contributed by atoms with Gasteiger partial charge in [-0.15, -0.1) is 0 Å². The van der Waals surface area contributed by atoms with Gasteiger partial charge in [-0.1, -0.05) is 63.8 Å². The smallest absolute Gasteiger partial charge is 0.226 e. The lowest BCUT2D eigenvalue weighted by Crippen LogP contribution is -2.52. The second-order valence-corrected chi connectivity index (χ2v) is 11.7. The molecule has 2 N–H and O–H groups in total. The van der Waals surface area contributed by atoms with Crippen molar-refractivity contribution in [2.24, 2.45) is 5.92 Å². The molecule has 0 aliphatic heterocycles. The van der Waals surface area contributed by atoms with Gasteiger partial charge in [0.25, 0.3) is 0 Å². The van der Waals surface area contributed by atoms with Crippen molar-refractivity contribution in [3.05, 3.63) is 89.3 Å². The number of imidazole rings is 1. The van der Waals surface area contributed by atoms with Crippen LogP contribution in [0.3, 0.4) is 0 Å². The maximum Gasteiger partial charge on any atom is 0.226 e. The van der Waals surface area contributed by atoms with Crippen molar-refractivity contribution in [1.82, 2.24) is 25.1 Å². The van der Waals surface area contributed by atoms with Gasteiger partial charge in [0, 0.05) is 43.6 Å². The molecular weight excluding hydrogens is 547 g/mol. The van der Waals surface area contributed by atoms with Crippen molar-refractivity contribution >= 4 is 23.2 Å². The third-order valence-electron chi connectivity index (χ3n) is 8.15. The molecule has 1 aliphatic rings. The fourth-order valence-corrected chi connectivity index (χ4v) is 5.72. The summed E-state index contributed by atoms with van der Waals surface area (Å²) in [5.41, 5.74) is 3.28. The predicted molar refractivity (Wildman–Crippen MR) is 167 cm³/mol. The molecule has 1 aromatic heterocycles. The normalized spacial score (nSPS) is 14.9. The average Bonchev–Trinajstić information content (AvgIpc) is 3.42. The molecule has 1 saturated carbocycles. The Labute approximate surface area is 254 Å². The quantitative estimate of drug-likeness (QED) is 0.263. The SMILES string of the molecule is CC[C@H](C)[C@@H](CN(Cc1cccc(F)c1)C(=S)NC1CCCCC1)NC(=O)Cc1cncn1Cc1ccc(C#N)cc1. The highest BCUT2D eigenvalue weighted by Gasteiger charge is 2.25. The molecule has 0 radical (unpaired) electrons. The number of hydrogen-bond acceptors (Lipinski definition) is 4. The number of nitrogens with one attached hydrogen (secondary N) is 2. The fraction of sp³-hybridized carbons (Fsp3) is 0.455. The Balaban J connectivity index is 1.45. The van der Waals surface area contributed by atoms with E-state index in [1.54, 1.807) is 36.8 Å². The third-order valence-corrected chi connectivity index (χ3v) is 8.53. The van der Waals surface area contributed by atoms with Gasteiger partial charge in [-0.25, -0.2) is 9.37 Å². The van der Waals surface area contributed by atoms with E-state index in [2.05, 4.69) is 40.4 Å². The van der Waals surface area contributed by atoms with Gasteiger partial charge >= 0.3 is 0 Å². The van der Waals surface area contributed by atoms with Crippen molar-refractivity contribution in [3.63, 3.8) is 0 Å². The number of nitriles is 1. The Hall–Kier alpha value is -3.77. The topological polar surface area (TPSA) is 86.0 Å². The number of amides is 1. The van der Waals surface area contributed by atoms with Crippen molar-refractivity contribution in [1.29, 1.82) is 5.26 Å². The molecule has 0 saturated heterocycles. The van der Waals surface area contributed by atoms with Crippen LogP contribution in [-0.2, 0) is 24.3 Å². The summed E-state index contributed by atoms with van der Waals surface area (Å²) in [4.78, 5) is 19.8. The molecule has 4 rings (SSSR count). The maximum absolute atomic E-state index is 14.0. The molecule has 222 valence electrons. The molecule has 9 heteroatoms. The van der Waals surface area contributed by atoms with E-state index in [0.29, 0.717) is 36.4 Å². The number of rotatable bonds is 12. The van der Waals surface area contributed by atoms with Crippen LogP contribution in [0.1, 0.15) is 74.8 Å². The predicted octanol–water partition coefficient (Wildman–Crippen LogP) is 5.72. The van der Waals surface area contributed by atoms with Gasteiger partial charge in [-0.3, -0.25) is 4.79 Å². The Morgan fingerprint density at radius 1 is 1.19 bits per heavy atom. The minimum absolute atomic E-state index is 0.0845. The molecule has 0 bridgehead atoms. The number of thiocarbonyl (C=S) groups is 1. The first-order valence-electron chi connectivity index (χ1n) is 14.9. The van der Waals surface area contributed by atoms with Gasteiger partial charge in [0.1, 0.15) is 5.82 Å². The maximum atomic E-state index is 14.0. The molecule has 1 amide bonds. The van der Waals surface area contributed by atoms with Gasteiger partial charge in [-0.05, 0) is 66.4 Å². The van der Waals surface area contributed by atoms with Crippen LogP contribution >= 0.6 is 12.2 Å². The molecule has 42 heavy (non-hydrogen) atoms. The Bertz CT molecular complexity index is 1360. The fourth-order valence-electron chi connectivity index (χ4n) is 5.42. The summed E-state index contributed by atoms with van der Waals surface area (Å²) in [5, 5.41) is 16.6. The number of carbonyl (C=O) groups is 1. The minimum atomic E-state index is -0.275. The van der Waals surface area contributed by atoms with Crippen molar-refractivity contribution in [2.75, 3.05) is 6.54 Å². The van der Waals surface area contributed by atoms with E-state index in [4.69, 9.17) is 17.5 Å². The molecule has 0 spiro atoms. The number of aromatic nitrogens is 2. The monoisotopic (exact) mass is 588 g/mol. The van der Waals surface area contributed by atoms with E-state index in [9.17, 15) is 9.18 Å². The second kappa shape index (κ2) is 15.5. The third kappa shape index (κ3) is 9.12. The van der Waals surface area contributed by atoms with Crippen LogP contribution in [0.15, 0.2) is 61.1 Å². The number of nitrogens with zero attached hydrogens (tertiary/aromatic N) is 4. The molecule has 7 nitrogen and oxygen atoms in total. The molecule has 2 aromatic carbocycles. The van der Waals surface area contributed by atoms with Gasteiger partial charge in [-0.2, -0.15) is 5.26 Å². The zero-order valence-corrected chi connectivity index (χ0v) is 25.4. The van der Waals surface area contributed by atoms with Gasteiger partial charge in [0.2, 0.25) is 5.91 Å². The van der Waals surface area contributed by atoms with Crippen LogP contribution in [0.5, 0.6) is 0 Å². The summed E-state index contributed by atoms with van der Waals surface area (Å²) in [6.07, 6.45) is 10.4. The zero-order chi connectivity index (χ0) is 29.9. The van der Waals surface area contributed by atoms with E-state index >= 15 is 0 Å². The second-order valence-electron chi connectivity index (χ2n) is 11.4. The number of carbonyl (C=O) groups excluding carboxylic acids is 1. The standard InChI is InChI=1S/C33H41FN6OS/c1-3-24(2)31(38-32(41)17-30-19-36-23-40(30)20-26-14-12-25(18-35)13-15-26)22-39(21-27-8-7-9-28(34)16-27)33(42)37-29-10-5-4-6-11-29/h7-9,12-16,19,23-24,29,31H,3-6,10-11,17,20-22H2,1-2H3,(H,37,42)(H,38,41)/t24-,31+/m0/s1. The molecule has 2 atom stereocenters. The molecule has 1 fully saturated rings. The lowest BCUT2D eigenvalue weighted by Gasteiger charge is -2.35. The van der Waals surface area contributed by atoms with Crippen LogP contribution in [0.4, 0.5) is 4.39 Å². The molecule has 1 aliphatic carbocycles. The first kappa shape index (κ1) is 31.2. The molecular formula is C33H41FN6OS. The first-order chi connectivity index (χ1) is 20.3. The van der Waals surface area contributed by atoms with Crippen molar-refractivity contribution in [2.45, 2.75) is 84.0 Å². The highest BCUT2D eigenvalue weighted by Crippen LogP contribution is 2.19. The molecule has 0 unspecified atom stereocenters. The van der Waals surface area contributed by atoms with Crippen LogP contribution < -0.4 is 10.6 Å². The zero-order valence-electron chi connectivity index (χ0n) is 24.6. The molecule has 3 aromatic rings. The molecule has 1 heterocycles. The summed E-state index contributed by atoms with van der Waals surface area (Å²) in [6.45, 7) is 5.78. The Morgan fingerprint density at radius 2 is 1.95 bits per heavy atom. The first-order valence-corrected chi connectivity index (χ1v) is 15.3. The summed E-state index contributed by atoms with van der Waals surface area (Å²) in [5.74, 6) is -0.160. The van der Waals surface area contributed by atoms with Crippen LogP contribution in [-0.4, -0.2) is 44.1 Å². The van der Waals surface area contributed by atoms with Crippen LogP contribution in [0.25, 0.3) is 0 Å². The minimum Gasteiger partial charge on any atom is -0.360 e. The lowest BCUT2D eigenvalue weighted by atomic mass is 9.95. The van der Waals surface area contributed by atoms with Crippen LogP contribution in [0.2, 0.25) is 0 Å². The lowest BCUT2D eigenvalue weighted by molar-refractivity contribution is -0.121. The van der Waals surface area contributed by atoms with Crippen molar-refractivity contribution in [3.8, 4) is 6.07 Å². The van der Waals surface area contributed by atoms with E-state index in [-0.39, 0.29) is 30.1 Å². The van der Waals surface area contributed by atoms with Gasteiger partial charge in [0.15, 0.2) is 5.11 Å². The van der Waals surface area contributed by atoms with Crippen molar-refractivity contribution < 1.29 is 9.18 Å².